The van der Waals surface area contributed by atoms with Crippen LogP contribution in [0.5, 0.6) is 0 Å². The van der Waals surface area contributed by atoms with Crippen molar-refractivity contribution in [2.45, 2.75) is 32.1 Å². The Kier molecular flexibility index (Phi) is 4.99. The number of carbonyl (C=O) groups is 1. The maximum Gasteiger partial charge on any atom is 0.303 e. The molecule has 2 N–H and O–H groups in total. The van der Waals surface area contributed by atoms with Crippen molar-refractivity contribution in [1.82, 2.24) is 0 Å². The highest BCUT2D eigenvalue weighted by atomic mass is 16.4. The van der Waals surface area contributed by atoms with Gasteiger partial charge in [-0.1, -0.05) is 31.2 Å². The third-order valence-corrected chi connectivity index (χ3v) is 2.67. The van der Waals surface area contributed by atoms with Gasteiger partial charge in [0.15, 0.2) is 0 Å². The first-order valence-electron chi connectivity index (χ1n) is 5.55. The average Bonchev–Trinajstić information content (AvgIpc) is 2.25. The van der Waals surface area contributed by atoms with Crippen molar-refractivity contribution in [2.24, 2.45) is 0 Å². The highest BCUT2D eigenvalue weighted by Gasteiger charge is 2.13. The highest BCUT2D eigenvalue weighted by molar-refractivity contribution is 5.68. The quantitative estimate of drug-likeness (QED) is 0.775. The van der Waals surface area contributed by atoms with Crippen molar-refractivity contribution < 1.29 is 15.0 Å². The number of carboxylic acid groups (broad SMARTS) is 1. The summed E-state index contributed by atoms with van der Waals surface area (Å²) in [7, 11) is 0. The Morgan fingerprint density at radius 1 is 1.38 bits per heavy atom. The molecule has 0 aliphatic carbocycles. The summed E-state index contributed by atoms with van der Waals surface area (Å²) in [6, 6.07) is 7.85. The summed E-state index contributed by atoms with van der Waals surface area (Å²) < 4.78 is 0. The summed E-state index contributed by atoms with van der Waals surface area (Å²) in [5, 5.41) is 17.6. The van der Waals surface area contributed by atoms with E-state index in [0.29, 0.717) is 0 Å². The second kappa shape index (κ2) is 6.28. The molecule has 0 fully saturated rings. The van der Waals surface area contributed by atoms with Crippen LogP contribution in [-0.2, 0) is 11.2 Å². The fourth-order valence-electron chi connectivity index (χ4n) is 1.88. The van der Waals surface area contributed by atoms with E-state index in [1.54, 1.807) is 0 Å². The Morgan fingerprint density at radius 2 is 2.06 bits per heavy atom. The SMILES string of the molecule is CC(CC(=O)O)c1ccccc1CCCO. The summed E-state index contributed by atoms with van der Waals surface area (Å²) in [5.74, 6) is -0.753. The number of aryl methyl sites for hydroxylation is 1. The zero-order valence-corrected chi connectivity index (χ0v) is 9.52. The molecule has 16 heavy (non-hydrogen) atoms. The van der Waals surface area contributed by atoms with Crippen molar-refractivity contribution in [3.05, 3.63) is 35.4 Å². The first kappa shape index (κ1) is 12.7. The smallest absolute Gasteiger partial charge is 0.303 e. The monoisotopic (exact) mass is 222 g/mol. The van der Waals surface area contributed by atoms with E-state index >= 15 is 0 Å². The molecule has 0 radical (unpaired) electrons. The summed E-state index contributed by atoms with van der Waals surface area (Å²) in [6.07, 6.45) is 1.67. The van der Waals surface area contributed by atoms with Gasteiger partial charge in [0.05, 0.1) is 6.42 Å². The van der Waals surface area contributed by atoms with Gasteiger partial charge in [-0.25, -0.2) is 0 Å². The molecule has 3 nitrogen and oxygen atoms in total. The van der Waals surface area contributed by atoms with Crippen molar-refractivity contribution in [3.63, 3.8) is 0 Å². The molecule has 0 heterocycles. The second-order valence-electron chi connectivity index (χ2n) is 4.02. The normalized spacial score (nSPS) is 12.4. The Hall–Kier alpha value is -1.35. The maximum atomic E-state index is 10.7. The fraction of sp³-hybridized carbons (Fsp3) is 0.462. The largest absolute Gasteiger partial charge is 0.481 e. The lowest BCUT2D eigenvalue weighted by molar-refractivity contribution is -0.137. The lowest BCUT2D eigenvalue weighted by Crippen LogP contribution is -2.06. The van der Waals surface area contributed by atoms with E-state index in [1.807, 2.05) is 31.2 Å². The Morgan fingerprint density at radius 3 is 2.69 bits per heavy atom. The van der Waals surface area contributed by atoms with Crippen molar-refractivity contribution >= 4 is 5.97 Å². The van der Waals surface area contributed by atoms with E-state index in [1.165, 1.54) is 0 Å². The van der Waals surface area contributed by atoms with E-state index in [9.17, 15) is 4.79 Å². The van der Waals surface area contributed by atoms with Crippen LogP contribution in [-0.4, -0.2) is 22.8 Å². The van der Waals surface area contributed by atoms with Crippen LogP contribution in [0.4, 0.5) is 0 Å². The Balaban J connectivity index is 2.80. The number of carboxylic acids is 1. The van der Waals surface area contributed by atoms with Gasteiger partial charge >= 0.3 is 5.97 Å². The molecule has 1 atom stereocenters. The molecule has 0 aromatic heterocycles. The minimum absolute atomic E-state index is 0.0207. The van der Waals surface area contributed by atoms with E-state index < -0.39 is 5.97 Å². The number of hydrogen-bond donors (Lipinski definition) is 2. The van der Waals surface area contributed by atoms with Crippen LogP contribution in [0.3, 0.4) is 0 Å². The van der Waals surface area contributed by atoms with Gasteiger partial charge in [-0.05, 0) is 29.9 Å². The molecule has 0 bridgehead atoms. The first-order valence-corrected chi connectivity index (χ1v) is 5.55. The number of aliphatic hydroxyl groups is 1. The molecule has 1 rings (SSSR count). The van der Waals surface area contributed by atoms with Crippen LogP contribution in [0.25, 0.3) is 0 Å². The zero-order valence-electron chi connectivity index (χ0n) is 9.52. The molecule has 0 saturated heterocycles. The number of rotatable bonds is 6. The summed E-state index contributed by atoms with van der Waals surface area (Å²) >= 11 is 0. The van der Waals surface area contributed by atoms with Crippen LogP contribution < -0.4 is 0 Å². The Bertz CT molecular complexity index is 347. The van der Waals surface area contributed by atoms with Crippen molar-refractivity contribution in [1.29, 1.82) is 0 Å². The molecule has 0 amide bonds. The van der Waals surface area contributed by atoms with Crippen LogP contribution >= 0.6 is 0 Å². The summed E-state index contributed by atoms with van der Waals surface area (Å²) in [4.78, 5) is 10.7. The van der Waals surface area contributed by atoms with Gasteiger partial charge in [-0.3, -0.25) is 4.79 Å². The van der Waals surface area contributed by atoms with Gasteiger partial charge in [-0.2, -0.15) is 0 Å². The fourth-order valence-corrected chi connectivity index (χ4v) is 1.88. The van der Waals surface area contributed by atoms with Crippen LogP contribution in [0.1, 0.15) is 36.8 Å². The van der Waals surface area contributed by atoms with E-state index in [0.717, 1.165) is 24.0 Å². The van der Waals surface area contributed by atoms with Gasteiger partial charge < -0.3 is 10.2 Å². The summed E-state index contributed by atoms with van der Waals surface area (Å²) in [6.45, 7) is 2.09. The van der Waals surface area contributed by atoms with Gasteiger partial charge in [0.1, 0.15) is 0 Å². The molecule has 3 heteroatoms. The van der Waals surface area contributed by atoms with Crippen LogP contribution in [0.2, 0.25) is 0 Å². The van der Waals surface area contributed by atoms with Gasteiger partial charge in [0.25, 0.3) is 0 Å². The first-order chi connectivity index (χ1) is 7.65. The lowest BCUT2D eigenvalue weighted by atomic mass is 9.91. The average molecular weight is 222 g/mol. The van der Waals surface area contributed by atoms with E-state index in [-0.39, 0.29) is 18.9 Å². The lowest BCUT2D eigenvalue weighted by Gasteiger charge is -2.14. The molecule has 1 aromatic rings. The van der Waals surface area contributed by atoms with Crippen molar-refractivity contribution in [2.75, 3.05) is 6.61 Å². The van der Waals surface area contributed by atoms with Crippen molar-refractivity contribution in [3.8, 4) is 0 Å². The highest BCUT2D eigenvalue weighted by Crippen LogP contribution is 2.23. The molecule has 0 aliphatic rings. The molecule has 1 unspecified atom stereocenters. The second-order valence-corrected chi connectivity index (χ2v) is 4.02. The van der Waals surface area contributed by atoms with E-state index in [2.05, 4.69) is 0 Å². The van der Waals surface area contributed by atoms with Crippen LogP contribution in [0, 0.1) is 0 Å². The number of aliphatic carboxylic acids is 1. The number of hydrogen-bond acceptors (Lipinski definition) is 2. The van der Waals surface area contributed by atoms with E-state index in [4.69, 9.17) is 10.2 Å². The molecule has 88 valence electrons. The Labute approximate surface area is 95.7 Å². The standard InChI is InChI=1S/C13H18O3/c1-10(9-13(15)16)12-7-3-2-5-11(12)6-4-8-14/h2-3,5,7,10,14H,4,6,8-9H2,1H3,(H,15,16). The van der Waals surface area contributed by atoms with Gasteiger partial charge in [0.2, 0.25) is 0 Å². The van der Waals surface area contributed by atoms with Gasteiger partial charge in [0, 0.05) is 6.61 Å². The molecule has 0 saturated carbocycles. The predicted molar refractivity (Wildman–Crippen MR) is 62.5 cm³/mol. The molecular weight excluding hydrogens is 204 g/mol. The maximum absolute atomic E-state index is 10.7. The summed E-state index contributed by atoms with van der Waals surface area (Å²) in [5.41, 5.74) is 2.23. The number of aliphatic hydroxyl groups excluding tert-OH is 1. The predicted octanol–water partition coefficient (Wildman–Crippen LogP) is 2.19. The molecular formula is C13H18O3. The minimum atomic E-state index is -0.774. The molecule has 0 aliphatic heterocycles. The van der Waals surface area contributed by atoms with Gasteiger partial charge in [-0.15, -0.1) is 0 Å². The molecule has 1 aromatic carbocycles. The molecule has 0 spiro atoms. The third-order valence-electron chi connectivity index (χ3n) is 2.67. The zero-order chi connectivity index (χ0) is 12.0. The third kappa shape index (κ3) is 3.66. The number of benzene rings is 1. The minimum Gasteiger partial charge on any atom is -0.481 e. The van der Waals surface area contributed by atoms with Crippen LogP contribution in [0.15, 0.2) is 24.3 Å². The topological polar surface area (TPSA) is 57.5 Å².